The van der Waals surface area contributed by atoms with E-state index in [2.05, 4.69) is 29.4 Å². The van der Waals surface area contributed by atoms with Gasteiger partial charge in [0.2, 0.25) is 0 Å². The van der Waals surface area contributed by atoms with E-state index in [9.17, 15) is 14.7 Å². The zero-order valence-electron chi connectivity index (χ0n) is 20.3. The number of hydrogen-bond donors (Lipinski definition) is 1. The van der Waals surface area contributed by atoms with Crippen LogP contribution in [0.25, 0.3) is 16.8 Å². The van der Waals surface area contributed by atoms with Gasteiger partial charge in [0.25, 0.3) is 0 Å². The van der Waals surface area contributed by atoms with Crippen LogP contribution >= 0.6 is 0 Å². The van der Waals surface area contributed by atoms with Crippen molar-refractivity contribution in [2.45, 2.75) is 18.9 Å². The van der Waals surface area contributed by atoms with Gasteiger partial charge in [0, 0.05) is 24.4 Å². The van der Waals surface area contributed by atoms with Crippen molar-refractivity contribution in [3.63, 3.8) is 0 Å². The first-order valence-electron chi connectivity index (χ1n) is 12.1. The highest BCUT2D eigenvalue weighted by Gasteiger charge is 2.33. The molecule has 1 aliphatic heterocycles. The van der Waals surface area contributed by atoms with Crippen LogP contribution in [0.1, 0.15) is 38.8 Å². The summed E-state index contributed by atoms with van der Waals surface area (Å²) in [5, 5.41) is 14.2. The number of carboxylic acids is 1. The molecule has 0 bridgehead atoms. The maximum absolute atomic E-state index is 13.1. The number of aromatic carboxylic acids is 1. The molecule has 0 saturated carbocycles. The molecule has 4 aromatic rings. The molecule has 1 aromatic heterocycles. The lowest BCUT2D eigenvalue weighted by molar-refractivity contribution is 0.0683. The smallest absolute Gasteiger partial charge is 0.410 e. The van der Waals surface area contributed by atoms with Crippen LogP contribution in [0.2, 0.25) is 0 Å². The summed E-state index contributed by atoms with van der Waals surface area (Å²) in [5.74, 6) is -0.466. The summed E-state index contributed by atoms with van der Waals surface area (Å²) in [5.41, 5.74) is 6.62. The molecule has 0 radical (unpaired) electrons. The van der Waals surface area contributed by atoms with Crippen molar-refractivity contribution in [3.8, 4) is 22.6 Å². The Morgan fingerprint density at radius 2 is 1.62 bits per heavy atom. The molecule has 37 heavy (non-hydrogen) atoms. The number of methoxy groups -OCH3 is 1. The number of carbonyl (C=O) groups excluding carboxylic acids is 1. The summed E-state index contributed by atoms with van der Waals surface area (Å²) in [6.45, 7) is 0.751. The lowest BCUT2D eigenvalue weighted by Gasteiger charge is -2.27. The van der Waals surface area contributed by atoms with Crippen molar-refractivity contribution < 1.29 is 24.2 Å². The van der Waals surface area contributed by atoms with E-state index in [1.807, 2.05) is 36.4 Å². The molecule has 0 atom stereocenters. The van der Waals surface area contributed by atoms with Crippen LogP contribution in [-0.2, 0) is 17.7 Å². The van der Waals surface area contributed by atoms with Crippen LogP contribution in [0.3, 0.4) is 0 Å². The van der Waals surface area contributed by atoms with Gasteiger partial charge in [-0.15, -0.1) is 0 Å². The Balaban J connectivity index is 1.22. The van der Waals surface area contributed by atoms with Gasteiger partial charge in [0.05, 0.1) is 25.0 Å². The second-order valence-corrected chi connectivity index (χ2v) is 9.16. The van der Waals surface area contributed by atoms with Crippen molar-refractivity contribution in [2.75, 3.05) is 20.3 Å². The van der Waals surface area contributed by atoms with Crippen LogP contribution in [0, 0.1) is 0 Å². The lowest BCUT2D eigenvalue weighted by Crippen LogP contribution is -2.37. The number of amides is 1. The SMILES string of the molecule is COc1ccc(-n2nc(C(=O)O)c3c2CCN(C(=O)OCC2c4ccccc4-c4ccccc42)C3)cc1. The number of ether oxygens (including phenoxy) is 2. The predicted octanol–water partition coefficient (Wildman–Crippen LogP) is 4.89. The highest BCUT2D eigenvalue weighted by Crippen LogP contribution is 2.44. The van der Waals surface area contributed by atoms with Crippen molar-refractivity contribution in [1.82, 2.24) is 14.7 Å². The third kappa shape index (κ3) is 3.91. The minimum Gasteiger partial charge on any atom is -0.497 e. The Morgan fingerprint density at radius 3 is 2.24 bits per heavy atom. The highest BCUT2D eigenvalue weighted by molar-refractivity contribution is 5.88. The minimum absolute atomic E-state index is 0.0379. The molecular weight excluding hydrogens is 470 g/mol. The van der Waals surface area contributed by atoms with E-state index in [4.69, 9.17) is 9.47 Å². The van der Waals surface area contributed by atoms with Crippen LogP contribution < -0.4 is 4.74 Å². The Bertz CT molecular complexity index is 1460. The molecule has 0 unspecified atom stereocenters. The molecular formula is C29H25N3O5. The van der Waals surface area contributed by atoms with E-state index in [-0.39, 0.29) is 24.8 Å². The molecule has 0 fully saturated rings. The number of aromatic nitrogens is 2. The number of benzene rings is 3. The van der Waals surface area contributed by atoms with Gasteiger partial charge in [0.15, 0.2) is 5.69 Å². The normalized spacial score (nSPS) is 14.0. The van der Waals surface area contributed by atoms with Crippen molar-refractivity contribution >= 4 is 12.1 Å². The van der Waals surface area contributed by atoms with Gasteiger partial charge >= 0.3 is 12.1 Å². The number of hydrogen-bond acceptors (Lipinski definition) is 5. The lowest BCUT2D eigenvalue weighted by atomic mass is 9.98. The molecule has 0 saturated heterocycles. The first-order valence-corrected chi connectivity index (χ1v) is 12.1. The van der Waals surface area contributed by atoms with Crippen molar-refractivity contribution in [3.05, 3.63) is 101 Å². The Morgan fingerprint density at radius 1 is 0.973 bits per heavy atom. The summed E-state index contributed by atoms with van der Waals surface area (Å²) in [4.78, 5) is 26.7. The molecule has 2 aliphatic rings. The van der Waals surface area contributed by atoms with Gasteiger partial charge in [-0.3, -0.25) is 0 Å². The average molecular weight is 496 g/mol. The van der Waals surface area contributed by atoms with E-state index in [0.29, 0.717) is 24.3 Å². The molecule has 1 N–H and O–H groups in total. The van der Waals surface area contributed by atoms with Gasteiger partial charge in [-0.2, -0.15) is 5.10 Å². The summed E-state index contributed by atoms with van der Waals surface area (Å²) in [7, 11) is 1.59. The predicted molar refractivity (Wildman–Crippen MR) is 136 cm³/mol. The van der Waals surface area contributed by atoms with Crippen molar-refractivity contribution in [2.24, 2.45) is 0 Å². The van der Waals surface area contributed by atoms with Crippen LogP contribution in [0.4, 0.5) is 4.79 Å². The highest BCUT2D eigenvalue weighted by atomic mass is 16.6. The number of rotatable bonds is 5. The molecule has 8 nitrogen and oxygen atoms in total. The minimum atomic E-state index is -1.13. The zero-order chi connectivity index (χ0) is 25.5. The number of nitrogens with zero attached hydrogens (tertiary/aromatic N) is 3. The van der Waals surface area contributed by atoms with E-state index in [1.165, 1.54) is 11.1 Å². The molecule has 1 aliphatic carbocycles. The zero-order valence-corrected chi connectivity index (χ0v) is 20.3. The molecule has 8 heteroatoms. The van der Waals surface area contributed by atoms with Gasteiger partial charge in [-0.1, -0.05) is 48.5 Å². The fraction of sp³-hybridized carbons (Fsp3) is 0.207. The monoisotopic (exact) mass is 495 g/mol. The maximum Gasteiger partial charge on any atom is 0.410 e. The molecule has 186 valence electrons. The fourth-order valence-corrected chi connectivity index (χ4v) is 5.37. The van der Waals surface area contributed by atoms with Crippen LogP contribution in [-0.4, -0.2) is 52.1 Å². The van der Waals surface area contributed by atoms with Gasteiger partial charge in [-0.25, -0.2) is 14.3 Å². The Labute approximate surface area is 213 Å². The Kier molecular flexibility index (Phi) is 5.64. The summed E-state index contributed by atoms with van der Waals surface area (Å²) < 4.78 is 12.7. The largest absolute Gasteiger partial charge is 0.497 e. The number of fused-ring (bicyclic) bond motifs is 4. The Hall–Kier alpha value is -4.59. The third-order valence-corrected chi connectivity index (χ3v) is 7.17. The molecule has 0 spiro atoms. The standard InChI is InChI=1S/C29H25N3O5/c1-36-19-12-10-18(11-13-19)32-26-14-15-31(16-24(26)27(30-32)28(33)34)29(35)37-17-25-22-8-4-2-6-20(22)21-7-3-5-9-23(21)25/h2-13,25H,14-17H2,1H3,(H,33,34). The van der Waals surface area contributed by atoms with E-state index >= 15 is 0 Å². The quantitative estimate of drug-likeness (QED) is 0.424. The molecule has 2 heterocycles. The summed E-state index contributed by atoms with van der Waals surface area (Å²) in [6, 6.07) is 23.6. The molecule has 3 aromatic carbocycles. The van der Waals surface area contributed by atoms with Gasteiger partial charge in [0.1, 0.15) is 12.4 Å². The van der Waals surface area contributed by atoms with Crippen LogP contribution in [0.5, 0.6) is 5.75 Å². The topological polar surface area (TPSA) is 93.9 Å². The number of carbonyl (C=O) groups is 2. The van der Waals surface area contributed by atoms with E-state index in [1.54, 1.807) is 28.8 Å². The van der Waals surface area contributed by atoms with Crippen LogP contribution in [0.15, 0.2) is 72.8 Å². The van der Waals surface area contributed by atoms with Gasteiger partial charge < -0.3 is 19.5 Å². The van der Waals surface area contributed by atoms with Gasteiger partial charge in [-0.05, 0) is 46.5 Å². The molecule has 1 amide bonds. The summed E-state index contributed by atoms with van der Waals surface area (Å²) in [6.07, 6.45) is 0.00676. The maximum atomic E-state index is 13.1. The third-order valence-electron chi connectivity index (χ3n) is 7.17. The van der Waals surface area contributed by atoms with E-state index < -0.39 is 12.1 Å². The second-order valence-electron chi connectivity index (χ2n) is 9.16. The first kappa shape index (κ1) is 22.8. The molecule has 6 rings (SSSR count). The average Bonchev–Trinajstić information content (AvgIpc) is 3.48. The second kappa shape index (κ2) is 9.13. The number of carboxylic acid groups (broad SMARTS) is 1. The van der Waals surface area contributed by atoms with E-state index in [0.717, 1.165) is 22.5 Å². The van der Waals surface area contributed by atoms with Crippen molar-refractivity contribution in [1.29, 1.82) is 0 Å². The first-order chi connectivity index (χ1) is 18.0. The summed E-state index contributed by atoms with van der Waals surface area (Å²) >= 11 is 0. The fourth-order valence-electron chi connectivity index (χ4n) is 5.37.